The van der Waals surface area contributed by atoms with Crippen LogP contribution in [-0.4, -0.2) is 12.6 Å². The van der Waals surface area contributed by atoms with E-state index in [1.165, 1.54) is 0 Å². The number of alkyl halides is 1. The maximum atomic E-state index is 14.3. The minimum atomic E-state index is -1.04. The van der Waals surface area contributed by atoms with E-state index < -0.39 is 6.17 Å². The quantitative estimate of drug-likeness (QED) is 0.857. The summed E-state index contributed by atoms with van der Waals surface area (Å²) in [6.45, 7) is 0.908. The number of rotatable bonds is 2. The van der Waals surface area contributed by atoms with Crippen molar-refractivity contribution in [2.45, 2.75) is 31.5 Å². The summed E-state index contributed by atoms with van der Waals surface area (Å²) < 4.78 is 19.9. The van der Waals surface area contributed by atoms with E-state index in [1.807, 2.05) is 30.3 Å². The van der Waals surface area contributed by atoms with Crippen molar-refractivity contribution in [3.63, 3.8) is 0 Å². The zero-order valence-electron chi connectivity index (χ0n) is 9.66. The molecule has 0 bridgehead atoms. The van der Waals surface area contributed by atoms with Crippen LogP contribution >= 0.6 is 0 Å². The first kappa shape index (κ1) is 10.8. The highest BCUT2D eigenvalue weighted by Gasteiger charge is 2.27. The van der Waals surface area contributed by atoms with Gasteiger partial charge in [-0.05, 0) is 31.5 Å². The summed E-state index contributed by atoms with van der Waals surface area (Å²) >= 11 is 0. The summed E-state index contributed by atoms with van der Waals surface area (Å²) in [5.41, 5.74) is 0.765. The van der Waals surface area contributed by atoms with Gasteiger partial charge < -0.3 is 9.73 Å². The smallest absolute Gasteiger partial charge is 0.173 e. The van der Waals surface area contributed by atoms with E-state index in [2.05, 4.69) is 5.32 Å². The molecule has 2 unspecified atom stereocenters. The van der Waals surface area contributed by atoms with Crippen LogP contribution in [0.3, 0.4) is 0 Å². The molecule has 1 fully saturated rings. The molecule has 1 aliphatic rings. The number of halogens is 1. The molecule has 1 N–H and O–H groups in total. The van der Waals surface area contributed by atoms with Gasteiger partial charge in [-0.15, -0.1) is 0 Å². The summed E-state index contributed by atoms with van der Waals surface area (Å²) in [5, 5.41) is 4.20. The second kappa shape index (κ2) is 4.49. The molecular formula is C14H16FNO. The zero-order chi connectivity index (χ0) is 11.7. The highest BCUT2D eigenvalue weighted by Crippen LogP contribution is 2.30. The van der Waals surface area contributed by atoms with Crippen LogP contribution in [0.2, 0.25) is 0 Å². The van der Waals surface area contributed by atoms with E-state index in [0.717, 1.165) is 36.8 Å². The summed E-state index contributed by atoms with van der Waals surface area (Å²) in [5.74, 6) is 0.450. The zero-order valence-corrected chi connectivity index (χ0v) is 9.66. The molecule has 3 rings (SSSR count). The predicted octanol–water partition coefficient (Wildman–Crippen LogP) is 3.59. The van der Waals surface area contributed by atoms with Crippen LogP contribution in [0.5, 0.6) is 0 Å². The average molecular weight is 233 g/mol. The largest absolute Gasteiger partial charge is 0.458 e. The van der Waals surface area contributed by atoms with E-state index in [-0.39, 0.29) is 6.04 Å². The van der Waals surface area contributed by atoms with E-state index in [9.17, 15) is 4.39 Å². The number of benzene rings is 1. The third-order valence-corrected chi connectivity index (χ3v) is 3.42. The normalized spacial score (nSPS) is 22.8. The molecule has 0 aliphatic carbocycles. The number of furan rings is 1. The third kappa shape index (κ3) is 2.07. The van der Waals surface area contributed by atoms with Crippen LogP contribution < -0.4 is 5.32 Å². The van der Waals surface area contributed by atoms with E-state index >= 15 is 0 Å². The Hall–Kier alpha value is -1.35. The van der Waals surface area contributed by atoms with Crippen LogP contribution in [-0.2, 0) is 0 Å². The van der Waals surface area contributed by atoms with Crippen LogP contribution in [0.1, 0.15) is 31.2 Å². The molecular weight excluding hydrogens is 217 g/mol. The van der Waals surface area contributed by atoms with Gasteiger partial charge in [-0.1, -0.05) is 24.6 Å². The lowest BCUT2D eigenvalue weighted by Crippen LogP contribution is -2.37. The molecule has 90 valence electrons. The molecule has 1 aromatic carbocycles. The molecule has 2 atom stereocenters. The first-order valence-electron chi connectivity index (χ1n) is 6.20. The number of hydrogen-bond donors (Lipinski definition) is 1. The molecule has 1 aromatic heterocycles. The van der Waals surface area contributed by atoms with Crippen molar-refractivity contribution < 1.29 is 8.81 Å². The lowest BCUT2D eigenvalue weighted by molar-refractivity contribution is 0.195. The molecule has 3 heteroatoms. The number of para-hydroxylation sites is 1. The van der Waals surface area contributed by atoms with Crippen molar-refractivity contribution in [1.29, 1.82) is 0 Å². The summed E-state index contributed by atoms with van der Waals surface area (Å²) in [4.78, 5) is 0. The predicted molar refractivity (Wildman–Crippen MR) is 65.7 cm³/mol. The summed E-state index contributed by atoms with van der Waals surface area (Å²) in [7, 11) is 0. The standard InChI is InChI=1S/C14H16FNO/c15-14(11-6-3-4-8-16-11)13-9-10-5-1-2-7-12(10)17-13/h1-2,5,7,9,11,14,16H,3-4,6,8H2. The maximum absolute atomic E-state index is 14.3. The van der Waals surface area contributed by atoms with Crippen molar-refractivity contribution in [2.75, 3.05) is 6.54 Å². The SMILES string of the molecule is FC(c1cc2ccccc2o1)C1CCCCN1. The van der Waals surface area contributed by atoms with Gasteiger partial charge in [0.2, 0.25) is 0 Å². The van der Waals surface area contributed by atoms with Gasteiger partial charge in [0, 0.05) is 11.4 Å². The minimum absolute atomic E-state index is 0.0932. The number of hydrogen-bond acceptors (Lipinski definition) is 2. The van der Waals surface area contributed by atoms with Gasteiger partial charge in [0.25, 0.3) is 0 Å². The van der Waals surface area contributed by atoms with Gasteiger partial charge in [-0.25, -0.2) is 4.39 Å². The Balaban J connectivity index is 1.86. The third-order valence-electron chi connectivity index (χ3n) is 3.42. The van der Waals surface area contributed by atoms with Crippen molar-refractivity contribution in [2.24, 2.45) is 0 Å². The number of fused-ring (bicyclic) bond motifs is 1. The topological polar surface area (TPSA) is 25.2 Å². The first-order valence-corrected chi connectivity index (χ1v) is 6.20. The molecule has 0 amide bonds. The van der Waals surface area contributed by atoms with Gasteiger partial charge in [0.1, 0.15) is 11.3 Å². The van der Waals surface area contributed by atoms with Crippen LogP contribution in [0.15, 0.2) is 34.7 Å². The minimum Gasteiger partial charge on any atom is -0.458 e. The van der Waals surface area contributed by atoms with Crippen molar-refractivity contribution in [1.82, 2.24) is 5.32 Å². The second-order valence-corrected chi connectivity index (χ2v) is 4.64. The fourth-order valence-corrected chi connectivity index (χ4v) is 2.47. The van der Waals surface area contributed by atoms with Gasteiger partial charge in [-0.3, -0.25) is 0 Å². The molecule has 2 nitrogen and oxygen atoms in total. The van der Waals surface area contributed by atoms with Gasteiger partial charge in [0.15, 0.2) is 6.17 Å². The van der Waals surface area contributed by atoms with Gasteiger partial charge in [0.05, 0.1) is 0 Å². The Morgan fingerprint density at radius 3 is 2.94 bits per heavy atom. The molecule has 1 saturated heterocycles. The molecule has 2 heterocycles. The molecule has 0 radical (unpaired) electrons. The molecule has 17 heavy (non-hydrogen) atoms. The number of piperidine rings is 1. The Kier molecular flexibility index (Phi) is 2.85. The highest BCUT2D eigenvalue weighted by atomic mass is 19.1. The van der Waals surface area contributed by atoms with Crippen molar-refractivity contribution in [3.8, 4) is 0 Å². The summed E-state index contributed by atoms with van der Waals surface area (Å²) in [6, 6.07) is 9.39. The lowest BCUT2D eigenvalue weighted by atomic mass is 9.99. The van der Waals surface area contributed by atoms with E-state index in [1.54, 1.807) is 0 Å². The molecule has 0 saturated carbocycles. The van der Waals surface area contributed by atoms with E-state index in [0.29, 0.717) is 5.76 Å². The average Bonchev–Trinajstić information content (AvgIpc) is 2.82. The first-order chi connectivity index (χ1) is 8.34. The Labute approximate surface area is 99.8 Å². The van der Waals surface area contributed by atoms with Crippen molar-refractivity contribution >= 4 is 11.0 Å². The lowest BCUT2D eigenvalue weighted by Gasteiger charge is -2.25. The fourth-order valence-electron chi connectivity index (χ4n) is 2.47. The van der Waals surface area contributed by atoms with Crippen molar-refractivity contribution in [3.05, 3.63) is 36.1 Å². The Bertz CT molecular complexity index is 469. The Morgan fingerprint density at radius 2 is 2.18 bits per heavy atom. The summed E-state index contributed by atoms with van der Waals surface area (Å²) in [6.07, 6.45) is 2.09. The van der Waals surface area contributed by atoms with Gasteiger partial charge in [-0.2, -0.15) is 0 Å². The molecule has 0 spiro atoms. The monoisotopic (exact) mass is 233 g/mol. The maximum Gasteiger partial charge on any atom is 0.173 e. The fraction of sp³-hybridized carbons (Fsp3) is 0.429. The molecule has 1 aliphatic heterocycles. The molecule has 2 aromatic rings. The van der Waals surface area contributed by atoms with Crippen LogP contribution in [0, 0.1) is 0 Å². The number of nitrogens with one attached hydrogen (secondary N) is 1. The van der Waals surface area contributed by atoms with Gasteiger partial charge >= 0.3 is 0 Å². The van der Waals surface area contributed by atoms with Crippen LogP contribution in [0.4, 0.5) is 4.39 Å². The van der Waals surface area contributed by atoms with Crippen LogP contribution in [0.25, 0.3) is 11.0 Å². The second-order valence-electron chi connectivity index (χ2n) is 4.64. The highest BCUT2D eigenvalue weighted by molar-refractivity contribution is 5.77. The Morgan fingerprint density at radius 1 is 1.29 bits per heavy atom. The van der Waals surface area contributed by atoms with E-state index in [4.69, 9.17) is 4.42 Å².